The fourth-order valence-corrected chi connectivity index (χ4v) is 3.14. The smallest absolute Gasteiger partial charge is 0.0981 e. The molecule has 0 unspecified atom stereocenters. The molecule has 3 aliphatic rings. The van der Waals surface area contributed by atoms with E-state index in [-0.39, 0.29) is 6.10 Å². The van der Waals surface area contributed by atoms with E-state index in [1.807, 2.05) is 0 Å². The Kier molecular flexibility index (Phi) is 1.94. The molecule has 3 atom stereocenters. The topological polar surface area (TPSA) is 12.5 Å². The maximum atomic E-state index is 5.90. The summed E-state index contributed by atoms with van der Waals surface area (Å²) in [4.78, 5) is 2.44. The lowest BCUT2D eigenvalue weighted by Gasteiger charge is -2.33. The first-order chi connectivity index (χ1) is 8.42. The minimum Gasteiger partial charge on any atom is -0.367 e. The number of ether oxygens (including phenoxy) is 1. The van der Waals surface area contributed by atoms with Gasteiger partial charge >= 0.3 is 0 Å². The summed E-state index contributed by atoms with van der Waals surface area (Å²) in [5.41, 5.74) is 2.82. The van der Waals surface area contributed by atoms with Gasteiger partial charge in [-0.3, -0.25) is 0 Å². The van der Waals surface area contributed by atoms with Crippen LogP contribution in [0.25, 0.3) is 0 Å². The summed E-state index contributed by atoms with van der Waals surface area (Å²) >= 11 is 0. The Hall–Kier alpha value is -1.54. The number of anilines is 1. The van der Waals surface area contributed by atoms with Crippen molar-refractivity contribution in [2.75, 3.05) is 18.0 Å². The van der Waals surface area contributed by atoms with Gasteiger partial charge in [-0.1, -0.05) is 36.4 Å². The van der Waals surface area contributed by atoms with Gasteiger partial charge in [0, 0.05) is 24.7 Å². The summed E-state index contributed by atoms with van der Waals surface area (Å²) in [6.07, 6.45) is 7.38. The lowest BCUT2D eigenvalue weighted by molar-refractivity contribution is 0.113. The number of hydrogen-bond donors (Lipinski definition) is 0. The minimum absolute atomic E-state index is 0.280. The number of fused-ring (bicyclic) bond motifs is 5. The van der Waals surface area contributed by atoms with Gasteiger partial charge in [0.1, 0.15) is 0 Å². The zero-order valence-corrected chi connectivity index (χ0v) is 9.62. The number of rotatable bonds is 1. The van der Waals surface area contributed by atoms with Crippen molar-refractivity contribution in [2.45, 2.75) is 12.2 Å². The zero-order chi connectivity index (χ0) is 11.2. The van der Waals surface area contributed by atoms with E-state index < -0.39 is 0 Å². The fraction of sp³-hybridized carbons (Fsp3) is 0.333. The molecule has 2 nitrogen and oxygen atoms in total. The zero-order valence-electron chi connectivity index (χ0n) is 9.62. The van der Waals surface area contributed by atoms with Gasteiger partial charge in [-0.2, -0.15) is 0 Å². The lowest BCUT2D eigenvalue weighted by atomic mass is 9.85. The highest BCUT2D eigenvalue weighted by Gasteiger charge is 2.43. The second kappa shape index (κ2) is 3.47. The van der Waals surface area contributed by atoms with Crippen molar-refractivity contribution in [1.29, 1.82) is 0 Å². The van der Waals surface area contributed by atoms with E-state index in [2.05, 4.69) is 53.5 Å². The molecule has 1 fully saturated rings. The van der Waals surface area contributed by atoms with Gasteiger partial charge in [0.2, 0.25) is 0 Å². The lowest BCUT2D eigenvalue weighted by Crippen LogP contribution is -2.38. The first-order valence-corrected chi connectivity index (χ1v) is 6.25. The van der Waals surface area contributed by atoms with E-state index >= 15 is 0 Å². The van der Waals surface area contributed by atoms with E-state index in [1.54, 1.807) is 0 Å². The van der Waals surface area contributed by atoms with E-state index in [4.69, 9.17) is 4.74 Å². The largest absolute Gasteiger partial charge is 0.367 e. The quantitative estimate of drug-likeness (QED) is 0.680. The van der Waals surface area contributed by atoms with Gasteiger partial charge in [-0.15, -0.1) is 0 Å². The molecular weight excluding hydrogens is 210 g/mol. The summed E-state index contributed by atoms with van der Waals surface area (Å²) < 4.78 is 5.90. The number of hydrogen-bond acceptors (Lipinski definition) is 2. The predicted molar refractivity (Wildman–Crippen MR) is 68.0 cm³/mol. The first kappa shape index (κ1) is 9.49. The van der Waals surface area contributed by atoms with Gasteiger partial charge < -0.3 is 9.64 Å². The van der Waals surface area contributed by atoms with Crippen LogP contribution in [0.15, 0.2) is 54.1 Å². The molecular formula is C15H15NO. The van der Waals surface area contributed by atoms with Crippen molar-refractivity contribution in [2.24, 2.45) is 5.92 Å². The summed E-state index contributed by atoms with van der Waals surface area (Å²) in [5.74, 6) is 0.568. The highest BCUT2D eigenvalue weighted by atomic mass is 16.5. The molecule has 3 heterocycles. The van der Waals surface area contributed by atoms with Gasteiger partial charge in [-0.05, 0) is 17.7 Å². The third-order valence-corrected chi connectivity index (χ3v) is 4.02. The molecule has 0 aliphatic carbocycles. The van der Waals surface area contributed by atoms with Crippen molar-refractivity contribution < 1.29 is 4.74 Å². The monoisotopic (exact) mass is 225 g/mol. The standard InChI is InChI=1S/C15H15NO/c1-2-4-11(5-3-1)16-9-8-12-13(10-16)15-7-6-14(12)17-15/h1-8,13-15H,9-10H2/t13-,14+,15-/m1/s1. The average molecular weight is 225 g/mol. The van der Waals surface area contributed by atoms with Crippen LogP contribution >= 0.6 is 0 Å². The van der Waals surface area contributed by atoms with E-state index in [0.29, 0.717) is 12.0 Å². The van der Waals surface area contributed by atoms with Crippen LogP contribution in [0.5, 0.6) is 0 Å². The number of benzene rings is 1. The molecule has 1 saturated heterocycles. The van der Waals surface area contributed by atoms with Gasteiger partial charge in [0.15, 0.2) is 0 Å². The molecule has 1 aromatic carbocycles. The highest BCUT2D eigenvalue weighted by molar-refractivity contribution is 5.50. The Morgan fingerprint density at radius 1 is 1.12 bits per heavy atom. The molecule has 0 N–H and O–H groups in total. The minimum atomic E-state index is 0.280. The second-order valence-electron chi connectivity index (χ2n) is 4.96. The summed E-state index contributed by atoms with van der Waals surface area (Å²) in [6.45, 7) is 2.09. The van der Waals surface area contributed by atoms with Crippen LogP contribution in [-0.2, 0) is 4.74 Å². The Balaban J connectivity index is 1.63. The second-order valence-corrected chi connectivity index (χ2v) is 4.96. The molecule has 0 aromatic heterocycles. The molecule has 0 amide bonds. The summed E-state index contributed by atoms with van der Waals surface area (Å²) in [6, 6.07) is 10.6. The molecule has 2 heteroatoms. The van der Waals surface area contributed by atoms with Crippen molar-refractivity contribution in [3.05, 3.63) is 54.1 Å². The molecule has 0 saturated carbocycles. The molecule has 0 spiro atoms. The van der Waals surface area contributed by atoms with Crippen LogP contribution < -0.4 is 4.90 Å². The van der Waals surface area contributed by atoms with Crippen LogP contribution in [0, 0.1) is 5.92 Å². The van der Waals surface area contributed by atoms with E-state index in [9.17, 15) is 0 Å². The fourth-order valence-electron chi connectivity index (χ4n) is 3.14. The number of para-hydroxylation sites is 1. The molecule has 17 heavy (non-hydrogen) atoms. The van der Waals surface area contributed by atoms with Gasteiger partial charge in [0.05, 0.1) is 12.2 Å². The molecule has 86 valence electrons. The molecule has 0 radical (unpaired) electrons. The third kappa shape index (κ3) is 1.37. The van der Waals surface area contributed by atoms with Crippen molar-refractivity contribution in [3.8, 4) is 0 Å². The summed E-state index contributed by atoms with van der Waals surface area (Å²) in [5, 5.41) is 0. The van der Waals surface area contributed by atoms with Crippen LogP contribution in [0.4, 0.5) is 5.69 Å². The molecule has 3 aliphatic heterocycles. The predicted octanol–water partition coefficient (Wildman–Crippen LogP) is 2.39. The maximum Gasteiger partial charge on any atom is 0.0981 e. The van der Waals surface area contributed by atoms with Crippen molar-refractivity contribution >= 4 is 5.69 Å². The van der Waals surface area contributed by atoms with E-state index in [1.165, 1.54) is 11.3 Å². The highest BCUT2D eigenvalue weighted by Crippen LogP contribution is 2.41. The number of nitrogens with zero attached hydrogens (tertiary/aromatic N) is 1. The maximum absolute atomic E-state index is 5.90. The SMILES string of the molecule is C1=C[C@H]2O[C@@H]1C1=CCN(c3ccccc3)C[C@H]12. The third-order valence-electron chi connectivity index (χ3n) is 4.02. The Bertz CT molecular complexity index is 491. The molecule has 1 aromatic rings. The molecule has 4 rings (SSSR count). The average Bonchev–Trinajstić information content (AvgIpc) is 3.01. The normalized spacial score (nSPS) is 33.8. The van der Waals surface area contributed by atoms with Crippen LogP contribution in [-0.4, -0.2) is 25.3 Å². The summed E-state index contributed by atoms with van der Waals surface area (Å²) in [7, 11) is 0. The Labute approximate surface area is 101 Å². The Morgan fingerprint density at radius 2 is 2.00 bits per heavy atom. The van der Waals surface area contributed by atoms with Gasteiger partial charge in [0.25, 0.3) is 0 Å². The first-order valence-electron chi connectivity index (χ1n) is 6.25. The van der Waals surface area contributed by atoms with Crippen LogP contribution in [0.2, 0.25) is 0 Å². The van der Waals surface area contributed by atoms with E-state index in [0.717, 1.165) is 13.1 Å². The van der Waals surface area contributed by atoms with Crippen molar-refractivity contribution in [3.63, 3.8) is 0 Å². The van der Waals surface area contributed by atoms with Gasteiger partial charge in [-0.25, -0.2) is 0 Å². The Morgan fingerprint density at radius 3 is 2.88 bits per heavy atom. The van der Waals surface area contributed by atoms with Crippen LogP contribution in [0.1, 0.15) is 0 Å². The molecule has 2 bridgehead atoms. The van der Waals surface area contributed by atoms with Crippen LogP contribution in [0.3, 0.4) is 0 Å². The van der Waals surface area contributed by atoms with Crippen molar-refractivity contribution in [1.82, 2.24) is 0 Å².